The van der Waals surface area contributed by atoms with Crippen molar-refractivity contribution in [1.82, 2.24) is 4.90 Å². The summed E-state index contributed by atoms with van der Waals surface area (Å²) in [5.74, 6) is 0. The molecule has 21 heavy (non-hydrogen) atoms. The lowest BCUT2D eigenvalue weighted by molar-refractivity contribution is 0.278. The van der Waals surface area contributed by atoms with Gasteiger partial charge in [0.05, 0.1) is 12.7 Å². The highest BCUT2D eigenvalue weighted by Crippen LogP contribution is 2.13. The zero-order valence-corrected chi connectivity index (χ0v) is 15.3. The summed E-state index contributed by atoms with van der Waals surface area (Å²) in [5.41, 5.74) is 0. The van der Waals surface area contributed by atoms with Gasteiger partial charge in [-0.25, -0.2) is 0 Å². The van der Waals surface area contributed by atoms with Crippen molar-refractivity contribution in [3.8, 4) is 0 Å². The third-order valence-electron chi connectivity index (χ3n) is 4.31. The first-order valence-corrected chi connectivity index (χ1v) is 9.13. The molecule has 0 amide bonds. The molecule has 0 aromatic rings. The third kappa shape index (κ3) is 14.9. The van der Waals surface area contributed by atoms with Crippen molar-refractivity contribution >= 4 is 12.4 Å². The quantitative estimate of drug-likeness (QED) is 0.295. The molecule has 1 aliphatic rings. The van der Waals surface area contributed by atoms with Crippen LogP contribution in [0.25, 0.3) is 0 Å². The van der Waals surface area contributed by atoms with E-state index in [-0.39, 0.29) is 12.4 Å². The number of unbranched alkanes of at least 4 members (excludes halogenated alkanes) is 11. The van der Waals surface area contributed by atoms with Crippen molar-refractivity contribution in [2.45, 2.75) is 90.1 Å². The van der Waals surface area contributed by atoms with E-state index in [4.69, 9.17) is 4.74 Å². The van der Waals surface area contributed by atoms with Crippen LogP contribution in [0.2, 0.25) is 0 Å². The minimum Gasteiger partial charge on any atom is -0.372 e. The zero-order valence-electron chi connectivity index (χ0n) is 14.4. The summed E-state index contributed by atoms with van der Waals surface area (Å²) in [6, 6.07) is 0. The fraction of sp³-hybridized carbons (Fsp3) is 1.00. The molecule has 1 heterocycles. The Morgan fingerprint density at radius 1 is 0.810 bits per heavy atom. The first kappa shape index (κ1) is 21.2. The molecule has 0 radical (unpaired) electrons. The van der Waals surface area contributed by atoms with Crippen LogP contribution in [0.5, 0.6) is 0 Å². The first-order chi connectivity index (χ1) is 9.83. The summed E-state index contributed by atoms with van der Waals surface area (Å²) in [6.07, 6.45) is 17.8. The Hall–Kier alpha value is 0.210. The van der Waals surface area contributed by atoms with E-state index in [1.807, 2.05) is 0 Å². The van der Waals surface area contributed by atoms with E-state index < -0.39 is 0 Å². The molecular formula is C18H38ClNO. The van der Waals surface area contributed by atoms with Gasteiger partial charge in [0.1, 0.15) is 0 Å². The standard InChI is InChI=1S/C18H37NO.ClH/c1-3-4-5-6-7-8-9-10-11-12-13-14-15-19(2)16-18-17-20-18;/h18H,3-17H2,1-2H3;1H. The molecular weight excluding hydrogens is 282 g/mol. The van der Waals surface area contributed by atoms with Crippen molar-refractivity contribution in [1.29, 1.82) is 0 Å². The SMILES string of the molecule is CCCCCCCCCCCCCCN(C)CC1CO1.Cl. The van der Waals surface area contributed by atoms with Crippen LogP contribution < -0.4 is 0 Å². The molecule has 2 nitrogen and oxygen atoms in total. The largest absolute Gasteiger partial charge is 0.372 e. The van der Waals surface area contributed by atoms with Gasteiger partial charge in [0, 0.05) is 6.54 Å². The molecule has 1 aliphatic heterocycles. The minimum atomic E-state index is 0. The van der Waals surface area contributed by atoms with E-state index in [1.54, 1.807) is 0 Å². The van der Waals surface area contributed by atoms with Crippen LogP contribution in [0.3, 0.4) is 0 Å². The number of halogens is 1. The maximum absolute atomic E-state index is 5.25. The van der Waals surface area contributed by atoms with Crippen molar-refractivity contribution in [2.75, 3.05) is 26.7 Å². The number of rotatable bonds is 15. The Morgan fingerprint density at radius 3 is 1.67 bits per heavy atom. The molecule has 0 saturated carbocycles. The predicted octanol–water partition coefficient (Wildman–Crippen LogP) is 5.44. The smallest absolute Gasteiger partial charge is 0.0936 e. The summed E-state index contributed by atoms with van der Waals surface area (Å²) >= 11 is 0. The van der Waals surface area contributed by atoms with Gasteiger partial charge >= 0.3 is 0 Å². The molecule has 3 heteroatoms. The van der Waals surface area contributed by atoms with Crippen molar-refractivity contribution < 1.29 is 4.74 Å². The molecule has 1 rings (SSSR count). The van der Waals surface area contributed by atoms with Crippen LogP contribution >= 0.6 is 12.4 Å². The minimum absolute atomic E-state index is 0. The van der Waals surface area contributed by atoms with Crippen LogP contribution in [0.4, 0.5) is 0 Å². The Kier molecular flexibility index (Phi) is 15.3. The maximum Gasteiger partial charge on any atom is 0.0936 e. The number of hydrogen-bond donors (Lipinski definition) is 0. The fourth-order valence-corrected chi connectivity index (χ4v) is 2.84. The Bertz CT molecular complexity index is 209. The number of likely N-dealkylation sites (N-methyl/N-ethyl adjacent to an activating group) is 1. The summed E-state index contributed by atoms with van der Waals surface area (Å²) in [6.45, 7) is 5.66. The van der Waals surface area contributed by atoms with Gasteiger partial charge < -0.3 is 9.64 Å². The lowest BCUT2D eigenvalue weighted by Crippen LogP contribution is -2.24. The van der Waals surface area contributed by atoms with Crippen LogP contribution in [-0.4, -0.2) is 37.7 Å². The Balaban J connectivity index is 0.00000400. The van der Waals surface area contributed by atoms with E-state index in [1.165, 1.54) is 83.6 Å². The second kappa shape index (κ2) is 15.1. The molecule has 1 unspecified atom stereocenters. The maximum atomic E-state index is 5.25. The van der Waals surface area contributed by atoms with Gasteiger partial charge in [-0.05, 0) is 20.0 Å². The Morgan fingerprint density at radius 2 is 1.24 bits per heavy atom. The van der Waals surface area contributed by atoms with E-state index in [2.05, 4.69) is 18.9 Å². The molecule has 0 N–H and O–H groups in total. The van der Waals surface area contributed by atoms with Crippen LogP contribution in [0, 0.1) is 0 Å². The molecule has 0 aliphatic carbocycles. The van der Waals surface area contributed by atoms with Gasteiger partial charge in [-0.3, -0.25) is 0 Å². The number of epoxide rings is 1. The molecule has 128 valence electrons. The molecule has 1 saturated heterocycles. The second-order valence-corrected chi connectivity index (χ2v) is 6.61. The summed E-state index contributed by atoms with van der Waals surface area (Å²) < 4.78 is 5.25. The van der Waals surface area contributed by atoms with Crippen molar-refractivity contribution in [3.05, 3.63) is 0 Å². The van der Waals surface area contributed by atoms with Crippen LogP contribution in [0.1, 0.15) is 84.0 Å². The molecule has 0 aromatic carbocycles. The average Bonchev–Trinajstić information content (AvgIpc) is 3.24. The average molecular weight is 320 g/mol. The van der Waals surface area contributed by atoms with Crippen molar-refractivity contribution in [3.63, 3.8) is 0 Å². The van der Waals surface area contributed by atoms with Crippen LogP contribution in [0.15, 0.2) is 0 Å². The Labute approximate surface area is 139 Å². The van der Waals surface area contributed by atoms with E-state index in [0.29, 0.717) is 6.10 Å². The van der Waals surface area contributed by atoms with Gasteiger partial charge in [-0.15, -0.1) is 12.4 Å². The topological polar surface area (TPSA) is 15.8 Å². The number of hydrogen-bond acceptors (Lipinski definition) is 2. The normalized spacial score (nSPS) is 17.0. The number of ether oxygens (including phenoxy) is 1. The van der Waals surface area contributed by atoms with E-state index in [9.17, 15) is 0 Å². The molecule has 1 fully saturated rings. The third-order valence-corrected chi connectivity index (χ3v) is 4.31. The highest BCUT2D eigenvalue weighted by atomic mass is 35.5. The molecule has 0 spiro atoms. The van der Waals surface area contributed by atoms with Gasteiger partial charge in [-0.1, -0.05) is 77.6 Å². The van der Waals surface area contributed by atoms with Gasteiger partial charge in [0.2, 0.25) is 0 Å². The van der Waals surface area contributed by atoms with Gasteiger partial charge in [-0.2, -0.15) is 0 Å². The second-order valence-electron chi connectivity index (χ2n) is 6.61. The van der Waals surface area contributed by atoms with Gasteiger partial charge in [0.15, 0.2) is 0 Å². The lowest BCUT2D eigenvalue weighted by atomic mass is 10.1. The summed E-state index contributed by atoms with van der Waals surface area (Å²) in [5, 5.41) is 0. The van der Waals surface area contributed by atoms with E-state index >= 15 is 0 Å². The summed E-state index contributed by atoms with van der Waals surface area (Å²) in [4.78, 5) is 2.42. The van der Waals surface area contributed by atoms with E-state index in [0.717, 1.165) is 13.2 Å². The predicted molar refractivity (Wildman–Crippen MR) is 95.6 cm³/mol. The molecule has 0 bridgehead atoms. The molecule has 1 atom stereocenters. The molecule has 0 aromatic heterocycles. The fourth-order valence-electron chi connectivity index (χ4n) is 2.84. The summed E-state index contributed by atoms with van der Waals surface area (Å²) in [7, 11) is 2.22. The lowest BCUT2D eigenvalue weighted by Gasteiger charge is -2.14. The number of nitrogens with zero attached hydrogens (tertiary/aromatic N) is 1. The van der Waals surface area contributed by atoms with Gasteiger partial charge in [0.25, 0.3) is 0 Å². The zero-order chi connectivity index (χ0) is 14.5. The van der Waals surface area contributed by atoms with Crippen LogP contribution in [-0.2, 0) is 4.74 Å². The monoisotopic (exact) mass is 319 g/mol. The van der Waals surface area contributed by atoms with Crippen molar-refractivity contribution in [2.24, 2.45) is 0 Å². The highest BCUT2D eigenvalue weighted by molar-refractivity contribution is 5.85. The highest BCUT2D eigenvalue weighted by Gasteiger charge is 2.23. The first-order valence-electron chi connectivity index (χ1n) is 9.13.